The maximum absolute atomic E-state index is 10.9. The number of aliphatic hydroxyl groups is 1. The molecule has 0 aliphatic carbocycles. The smallest absolute Gasteiger partial charge is 0.0788 e. The van der Waals surface area contributed by atoms with Crippen molar-refractivity contribution in [1.82, 2.24) is 9.80 Å². The van der Waals surface area contributed by atoms with Crippen molar-refractivity contribution in [1.29, 1.82) is 0 Å². The summed E-state index contributed by atoms with van der Waals surface area (Å²) in [5.41, 5.74) is 0.270. The third-order valence-corrected chi connectivity index (χ3v) is 6.94. The molecule has 4 bridgehead atoms. The average Bonchev–Trinajstić information content (AvgIpc) is 2.38. The first-order chi connectivity index (χ1) is 9.75. The summed E-state index contributed by atoms with van der Waals surface area (Å²) in [5, 5.41) is 10.9. The van der Waals surface area contributed by atoms with Crippen molar-refractivity contribution in [3.63, 3.8) is 0 Å². The molecule has 5 aliphatic heterocycles. The van der Waals surface area contributed by atoms with E-state index in [-0.39, 0.29) is 28.2 Å². The Kier molecular flexibility index (Phi) is 2.76. The molecule has 0 aromatic heterocycles. The molecule has 0 radical (unpaired) electrons. The van der Waals surface area contributed by atoms with Crippen LogP contribution in [0.1, 0.15) is 47.0 Å². The van der Waals surface area contributed by atoms with E-state index in [2.05, 4.69) is 37.5 Å². The monoisotopic (exact) mass is 294 g/mol. The summed E-state index contributed by atoms with van der Waals surface area (Å²) < 4.78 is 5.99. The van der Waals surface area contributed by atoms with Crippen molar-refractivity contribution in [2.24, 2.45) is 10.8 Å². The molecule has 0 amide bonds. The summed E-state index contributed by atoms with van der Waals surface area (Å²) in [7, 11) is 0. The number of nitrogens with zero attached hydrogens (tertiary/aromatic N) is 2. The van der Waals surface area contributed by atoms with Gasteiger partial charge in [-0.1, -0.05) is 13.8 Å². The number of piperidine rings is 2. The van der Waals surface area contributed by atoms with Gasteiger partial charge in [-0.3, -0.25) is 9.80 Å². The molecule has 5 aliphatic rings. The van der Waals surface area contributed by atoms with Crippen LogP contribution in [0.4, 0.5) is 0 Å². The van der Waals surface area contributed by atoms with Gasteiger partial charge in [0.25, 0.3) is 0 Å². The SMILES string of the molecule is CCC12CN3CC(C)(CN(C1)C31CCOC(C)(C)C1)[C@@H]2O. The van der Waals surface area contributed by atoms with Gasteiger partial charge < -0.3 is 9.84 Å². The van der Waals surface area contributed by atoms with Crippen molar-refractivity contribution < 1.29 is 9.84 Å². The summed E-state index contributed by atoms with van der Waals surface area (Å²) in [6.07, 6.45) is 3.13. The molecule has 4 nitrogen and oxygen atoms in total. The van der Waals surface area contributed by atoms with E-state index >= 15 is 0 Å². The van der Waals surface area contributed by atoms with Gasteiger partial charge in [-0.05, 0) is 20.3 Å². The zero-order chi connectivity index (χ0) is 15.1. The van der Waals surface area contributed by atoms with E-state index in [9.17, 15) is 5.11 Å². The quantitative estimate of drug-likeness (QED) is 0.798. The lowest BCUT2D eigenvalue weighted by Crippen LogP contribution is -2.85. The Bertz CT molecular complexity index is 446. The summed E-state index contributed by atoms with van der Waals surface area (Å²) in [5.74, 6) is 0. The molecule has 0 aromatic carbocycles. The highest BCUT2D eigenvalue weighted by Crippen LogP contribution is 2.58. The number of hydrogen-bond acceptors (Lipinski definition) is 4. The third kappa shape index (κ3) is 1.71. The molecule has 1 N–H and O–H groups in total. The van der Waals surface area contributed by atoms with Gasteiger partial charge >= 0.3 is 0 Å². The second-order valence-corrected chi connectivity index (χ2v) is 9.00. The molecule has 0 saturated carbocycles. The molecule has 5 saturated heterocycles. The fourth-order valence-electron chi connectivity index (χ4n) is 5.99. The predicted octanol–water partition coefficient (Wildman–Crippen LogP) is 1.68. The lowest BCUT2D eigenvalue weighted by Gasteiger charge is -2.74. The van der Waals surface area contributed by atoms with E-state index in [0.29, 0.717) is 0 Å². The first-order valence-electron chi connectivity index (χ1n) is 8.58. The maximum atomic E-state index is 10.9. The molecule has 4 heteroatoms. The van der Waals surface area contributed by atoms with E-state index in [1.54, 1.807) is 0 Å². The first-order valence-corrected chi connectivity index (χ1v) is 8.58. The highest BCUT2D eigenvalue weighted by molar-refractivity contribution is 5.19. The van der Waals surface area contributed by atoms with Crippen molar-refractivity contribution in [3.05, 3.63) is 0 Å². The minimum absolute atomic E-state index is 0.0352. The van der Waals surface area contributed by atoms with Crippen LogP contribution in [0.3, 0.4) is 0 Å². The molecule has 2 unspecified atom stereocenters. The first kappa shape index (κ1) is 14.4. The number of aliphatic hydroxyl groups excluding tert-OH is 1. The average molecular weight is 294 g/mol. The Balaban J connectivity index is 1.74. The minimum atomic E-state index is -0.146. The fourth-order valence-corrected chi connectivity index (χ4v) is 5.99. The van der Waals surface area contributed by atoms with E-state index in [4.69, 9.17) is 4.74 Å². The van der Waals surface area contributed by atoms with Crippen LogP contribution in [-0.4, -0.2) is 65.1 Å². The van der Waals surface area contributed by atoms with Crippen molar-refractivity contribution in [3.8, 4) is 0 Å². The van der Waals surface area contributed by atoms with Gasteiger partial charge in [0.1, 0.15) is 0 Å². The number of hydrogen-bond donors (Lipinski definition) is 1. The Hall–Kier alpha value is -0.160. The lowest BCUT2D eigenvalue weighted by atomic mass is 9.56. The van der Waals surface area contributed by atoms with Gasteiger partial charge in [-0.25, -0.2) is 0 Å². The lowest BCUT2D eigenvalue weighted by molar-refractivity contribution is -0.316. The zero-order valence-electron chi connectivity index (χ0n) is 14.0. The molecular weight excluding hydrogens is 264 g/mol. The molecule has 120 valence electrons. The third-order valence-electron chi connectivity index (χ3n) is 6.94. The van der Waals surface area contributed by atoms with Gasteiger partial charge in [0.05, 0.1) is 24.0 Å². The standard InChI is InChI=1S/C17H30N2O2/c1-5-16-11-18-9-15(4,13(16)20)10-19(12-16)17(18)6-7-21-14(2,3)8-17/h13,20H,5-12H2,1-4H3/t13-,15?,16?,17?/m0/s1. The van der Waals surface area contributed by atoms with Gasteiger partial charge in [0.15, 0.2) is 0 Å². The Morgan fingerprint density at radius 1 is 1.10 bits per heavy atom. The van der Waals surface area contributed by atoms with Crippen LogP contribution in [0, 0.1) is 10.8 Å². The molecule has 0 aromatic rings. The minimum Gasteiger partial charge on any atom is -0.392 e. The van der Waals surface area contributed by atoms with Crippen LogP contribution in [0.15, 0.2) is 0 Å². The van der Waals surface area contributed by atoms with Gasteiger partial charge in [-0.15, -0.1) is 0 Å². The van der Waals surface area contributed by atoms with Crippen LogP contribution in [-0.2, 0) is 4.74 Å². The zero-order valence-corrected chi connectivity index (χ0v) is 14.0. The predicted molar refractivity (Wildman–Crippen MR) is 82.0 cm³/mol. The molecule has 5 heterocycles. The number of ether oxygens (including phenoxy) is 1. The van der Waals surface area contributed by atoms with E-state index in [1.165, 1.54) is 0 Å². The Labute approximate surface area is 128 Å². The summed E-state index contributed by atoms with van der Waals surface area (Å²) in [4.78, 5) is 5.42. The summed E-state index contributed by atoms with van der Waals surface area (Å²) in [6, 6.07) is 0. The van der Waals surface area contributed by atoms with Crippen molar-refractivity contribution >= 4 is 0 Å². The van der Waals surface area contributed by atoms with Crippen molar-refractivity contribution in [2.45, 2.75) is 64.3 Å². The van der Waals surface area contributed by atoms with Gasteiger partial charge in [0.2, 0.25) is 0 Å². The molecule has 1 spiro atoms. The molecule has 21 heavy (non-hydrogen) atoms. The Morgan fingerprint density at radius 2 is 1.71 bits per heavy atom. The molecular formula is C17H30N2O2. The summed E-state index contributed by atoms with van der Waals surface area (Å²) >= 11 is 0. The molecule has 5 rings (SSSR count). The second kappa shape index (κ2) is 4.02. The maximum Gasteiger partial charge on any atom is 0.0788 e. The molecule has 5 fully saturated rings. The second-order valence-electron chi connectivity index (χ2n) is 9.00. The van der Waals surface area contributed by atoms with Crippen LogP contribution in [0.5, 0.6) is 0 Å². The van der Waals surface area contributed by atoms with Crippen molar-refractivity contribution in [2.75, 3.05) is 32.8 Å². The Morgan fingerprint density at radius 3 is 2.24 bits per heavy atom. The molecule has 3 atom stereocenters. The topological polar surface area (TPSA) is 35.9 Å². The summed E-state index contributed by atoms with van der Waals surface area (Å²) in [6.45, 7) is 14.1. The van der Waals surface area contributed by atoms with Crippen LogP contribution in [0.25, 0.3) is 0 Å². The van der Waals surface area contributed by atoms with Crippen LogP contribution < -0.4 is 0 Å². The fraction of sp³-hybridized carbons (Fsp3) is 1.00. The largest absolute Gasteiger partial charge is 0.392 e. The van der Waals surface area contributed by atoms with E-state index in [1.807, 2.05) is 0 Å². The van der Waals surface area contributed by atoms with E-state index in [0.717, 1.165) is 52.0 Å². The van der Waals surface area contributed by atoms with Crippen LogP contribution in [0.2, 0.25) is 0 Å². The van der Waals surface area contributed by atoms with Gasteiger partial charge in [0, 0.05) is 49.9 Å². The van der Waals surface area contributed by atoms with Gasteiger partial charge in [-0.2, -0.15) is 0 Å². The van der Waals surface area contributed by atoms with Crippen LogP contribution >= 0.6 is 0 Å². The number of rotatable bonds is 1. The highest BCUT2D eigenvalue weighted by atomic mass is 16.5. The highest BCUT2D eigenvalue weighted by Gasteiger charge is 2.68. The normalized spacial score (nSPS) is 57.9. The van der Waals surface area contributed by atoms with E-state index < -0.39 is 0 Å².